The van der Waals surface area contributed by atoms with Gasteiger partial charge in [-0.1, -0.05) is 30.3 Å². The third-order valence-electron chi connectivity index (χ3n) is 4.36. The average Bonchev–Trinajstić information content (AvgIpc) is 2.61. The SMILES string of the molecule is CCOC(=O)[C@@H]1C(=O)CCc2cc(-c3ccc(OC)cc3)ccc21. The number of hydrogen-bond donors (Lipinski definition) is 0. The van der Waals surface area contributed by atoms with E-state index in [4.69, 9.17) is 9.47 Å². The van der Waals surface area contributed by atoms with Crippen LogP contribution in [0.2, 0.25) is 0 Å². The maximum absolute atomic E-state index is 12.2. The van der Waals surface area contributed by atoms with Crippen molar-refractivity contribution in [2.75, 3.05) is 13.7 Å². The molecule has 1 aliphatic carbocycles. The Morgan fingerprint density at radius 1 is 1.08 bits per heavy atom. The zero-order chi connectivity index (χ0) is 17.1. The topological polar surface area (TPSA) is 52.6 Å². The minimum Gasteiger partial charge on any atom is -0.497 e. The molecule has 0 radical (unpaired) electrons. The molecule has 2 aromatic rings. The van der Waals surface area contributed by atoms with E-state index < -0.39 is 11.9 Å². The Kier molecular flexibility index (Phi) is 4.65. The number of aryl methyl sites for hydroxylation is 1. The van der Waals surface area contributed by atoms with Gasteiger partial charge in [0.25, 0.3) is 0 Å². The van der Waals surface area contributed by atoms with Crippen LogP contribution in [-0.2, 0) is 20.7 Å². The number of hydrogen-bond acceptors (Lipinski definition) is 4. The van der Waals surface area contributed by atoms with E-state index in [9.17, 15) is 9.59 Å². The smallest absolute Gasteiger partial charge is 0.321 e. The molecule has 1 atom stereocenters. The lowest BCUT2D eigenvalue weighted by Gasteiger charge is -2.23. The fraction of sp³-hybridized carbons (Fsp3) is 0.300. The van der Waals surface area contributed by atoms with E-state index in [1.807, 2.05) is 36.4 Å². The van der Waals surface area contributed by atoms with Crippen LogP contribution in [0.1, 0.15) is 30.4 Å². The van der Waals surface area contributed by atoms with Crippen LogP contribution >= 0.6 is 0 Å². The molecule has 2 aromatic carbocycles. The van der Waals surface area contributed by atoms with Crippen molar-refractivity contribution < 1.29 is 19.1 Å². The molecule has 0 aromatic heterocycles. The maximum atomic E-state index is 12.2. The molecule has 0 heterocycles. The predicted molar refractivity (Wildman–Crippen MR) is 91.1 cm³/mol. The summed E-state index contributed by atoms with van der Waals surface area (Å²) in [5.74, 6) is -0.470. The summed E-state index contributed by atoms with van der Waals surface area (Å²) in [6, 6.07) is 13.7. The van der Waals surface area contributed by atoms with Gasteiger partial charge < -0.3 is 9.47 Å². The quantitative estimate of drug-likeness (QED) is 0.638. The lowest BCUT2D eigenvalue weighted by atomic mass is 9.80. The summed E-state index contributed by atoms with van der Waals surface area (Å²) in [6.45, 7) is 2.03. The molecule has 0 N–H and O–H groups in total. The number of ketones is 1. The molecular weight excluding hydrogens is 304 g/mol. The maximum Gasteiger partial charge on any atom is 0.321 e. The molecule has 0 spiro atoms. The van der Waals surface area contributed by atoms with Crippen molar-refractivity contribution in [3.63, 3.8) is 0 Å². The second-order valence-electron chi connectivity index (χ2n) is 5.79. The first-order chi connectivity index (χ1) is 11.6. The van der Waals surface area contributed by atoms with Crippen molar-refractivity contribution >= 4 is 11.8 Å². The fourth-order valence-corrected chi connectivity index (χ4v) is 3.13. The molecule has 3 rings (SSSR count). The van der Waals surface area contributed by atoms with Crippen molar-refractivity contribution in [2.24, 2.45) is 0 Å². The minimum atomic E-state index is -0.779. The monoisotopic (exact) mass is 324 g/mol. The second kappa shape index (κ2) is 6.87. The molecule has 4 heteroatoms. The van der Waals surface area contributed by atoms with Gasteiger partial charge in [-0.05, 0) is 47.7 Å². The van der Waals surface area contributed by atoms with Crippen LogP contribution in [-0.4, -0.2) is 25.5 Å². The average molecular weight is 324 g/mol. The molecule has 24 heavy (non-hydrogen) atoms. The summed E-state index contributed by atoms with van der Waals surface area (Å²) in [5.41, 5.74) is 3.96. The second-order valence-corrected chi connectivity index (χ2v) is 5.79. The van der Waals surface area contributed by atoms with E-state index in [0.29, 0.717) is 12.8 Å². The number of Topliss-reactive ketones (excluding diaryl/α,β-unsaturated/α-hetero) is 1. The van der Waals surface area contributed by atoms with E-state index in [1.165, 1.54) is 0 Å². The van der Waals surface area contributed by atoms with Gasteiger partial charge in [-0.3, -0.25) is 9.59 Å². The van der Waals surface area contributed by atoms with Crippen LogP contribution in [0.25, 0.3) is 11.1 Å². The summed E-state index contributed by atoms with van der Waals surface area (Å²) in [5, 5.41) is 0. The number of rotatable bonds is 4. The molecule has 0 fully saturated rings. The molecule has 124 valence electrons. The molecule has 0 saturated carbocycles. The molecule has 4 nitrogen and oxygen atoms in total. The Hall–Kier alpha value is -2.62. The van der Waals surface area contributed by atoms with Crippen LogP contribution in [0.15, 0.2) is 42.5 Å². The van der Waals surface area contributed by atoms with Gasteiger partial charge >= 0.3 is 5.97 Å². The van der Waals surface area contributed by atoms with Crippen LogP contribution in [0.3, 0.4) is 0 Å². The molecule has 0 bridgehead atoms. The first kappa shape index (κ1) is 16.2. The van der Waals surface area contributed by atoms with Crippen molar-refractivity contribution in [3.05, 3.63) is 53.6 Å². The van der Waals surface area contributed by atoms with Gasteiger partial charge in [-0.25, -0.2) is 0 Å². The summed E-state index contributed by atoms with van der Waals surface area (Å²) in [6.07, 6.45) is 1.04. The van der Waals surface area contributed by atoms with E-state index in [0.717, 1.165) is 28.0 Å². The summed E-state index contributed by atoms with van der Waals surface area (Å²) >= 11 is 0. The van der Waals surface area contributed by atoms with Crippen LogP contribution in [0.4, 0.5) is 0 Å². The third-order valence-corrected chi connectivity index (χ3v) is 4.36. The van der Waals surface area contributed by atoms with Crippen molar-refractivity contribution in [1.29, 1.82) is 0 Å². The number of esters is 1. The zero-order valence-corrected chi connectivity index (χ0v) is 13.9. The molecule has 0 saturated heterocycles. The lowest BCUT2D eigenvalue weighted by Crippen LogP contribution is -2.29. The first-order valence-corrected chi connectivity index (χ1v) is 8.10. The Morgan fingerprint density at radius 2 is 1.79 bits per heavy atom. The Bertz CT molecular complexity index is 762. The number of methoxy groups -OCH3 is 1. The van der Waals surface area contributed by atoms with Gasteiger partial charge in [0.05, 0.1) is 13.7 Å². The van der Waals surface area contributed by atoms with Gasteiger partial charge in [0.2, 0.25) is 0 Å². The fourth-order valence-electron chi connectivity index (χ4n) is 3.13. The molecular formula is C20H20O4. The number of carbonyl (C=O) groups is 2. The highest BCUT2D eigenvalue weighted by atomic mass is 16.5. The minimum absolute atomic E-state index is 0.0573. The molecule has 0 unspecified atom stereocenters. The van der Waals surface area contributed by atoms with E-state index in [2.05, 4.69) is 6.07 Å². The van der Waals surface area contributed by atoms with Crippen LogP contribution in [0, 0.1) is 0 Å². The standard InChI is InChI=1S/C20H20O4/c1-3-24-20(22)19-17-10-6-14(12-15(17)7-11-18(19)21)13-4-8-16(23-2)9-5-13/h4-6,8-10,12,19H,3,7,11H2,1-2H3/t19-/m0/s1. The van der Waals surface area contributed by atoms with Crippen molar-refractivity contribution in [2.45, 2.75) is 25.7 Å². The van der Waals surface area contributed by atoms with Crippen LogP contribution in [0.5, 0.6) is 5.75 Å². The van der Waals surface area contributed by atoms with Gasteiger partial charge in [0.15, 0.2) is 5.78 Å². The number of carbonyl (C=O) groups excluding carboxylic acids is 2. The normalized spacial score (nSPS) is 16.4. The summed E-state index contributed by atoms with van der Waals surface area (Å²) in [7, 11) is 1.64. The van der Waals surface area contributed by atoms with Crippen molar-refractivity contribution in [1.82, 2.24) is 0 Å². The van der Waals surface area contributed by atoms with Gasteiger partial charge in [-0.15, -0.1) is 0 Å². The highest BCUT2D eigenvalue weighted by Crippen LogP contribution is 2.33. The Morgan fingerprint density at radius 3 is 2.46 bits per heavy atom. The van der Waals surface area contributed by atoms with E-state index in [-0.39, 0.29) is 12.4 Å². The lowest BCUT2D eigenvalue weighted by molar-refractivity contribution is -0.148. The van der Waals surface area contributed by atoms with E-state index >= 15 is 0 Å². The number of benzene rings is 2. The van der Waals surface area contributed by atoms with Crippen LogP contribution < -0.4 is 4.74 Å². The van der Waals surface area contributed by atoms with Crippen molar-refractivity contribution in [3.8, 4) is 16.9 Å². The Labute approximate surface area is 141 Å². The third kappa shape index (κ3) is 3.04. The van der Waals surface area contributed by atoms with Gasteiger partial charge in [-0.2, -0.15) is 0 Å². The highest BCUT2D eigenvalue weighted by molar-refractivity contribution is 6.06. The number of fused-ring (bicyclic) bond motifs is 1. The zero-order valence-electron chi connectivity index (χ0n) is 13.9. The number of ether oxygens (including phenoxy) is 2. The predicted octanol–water partition coefficient (Wildman–Crippen LogP) is 3.52. The molecule has 0 amide bonds. The first-order valence-electron chi connectivity index (χ1n) is 8.10. The summed E-state index contributed by atoms with van der Waals surface area (Å²) in [4.78, 5) is 24.3. The summed E-state index contributed by atoms with van der Waals surface area (Å²) < 4.78 is 10.3. The Balaban J connectivity index is 1.95. The van der Waals surface area contributed by atoms with Gasteiger partial charge in [0, 0.05) is 6.42 Å². The highest BCUT2D eigenvalue weighted by Gasteiger charge is 2.34. The molecule has 0 aliphatic heterocycles. The van der Waals surface area contributed by atoms with E-state index in [1.54, 1.807) is 14.0 Å². The molecule has 1 aliphatic rings. The van der Waals surface area contributed by atoms with Gasteiger partial charge in [0.1, 0.15) is 11.7 Å². The largest absolute Gasteiger partial charge is 0.497 e.